The molecule has 0 saturated heterocycles. The van der Waals surface area contributed by atoms with Crippen molar-refractivity contribution in [1.82, 2.24) is 0 Å². The van der Waals surface area contributed by atoms with Crippen LogP contribution in [0.4, 0.5) is 0 Å². The summed E-state index contributed by atoms with van der Waals surface area (Å²) in [6.45, 7) is 0. The second-order valence-corrected chi connectivity index (χ2v) is 3.73. The van der Waals surface area contributed by atoms with E-state index in [0.29, 0.717) is 0 Å². The molecule has 1 heteroatoms. The fraction of sp³-hybridized carbons (Fsp3) is 1.00. The first-order chi connectivity index (χ1) is 3.93. The molecule has 0 spiro atoms. The Labute approximate surface area is 60.5 Å². The van der Waals surface area contributed by atoms with Crippen LogP contribution in [0.1, 0.15) is 32.1 Å². The van der Waals surface area contributed by atoms with Gasteiger partial charge in [0, 0.05) is 0 Å². The van der Waals surface area contributed by atoms with Crippen LogP contribution in [0.15, 0.2) is 0 Å². The van der Waals surface area contributed by atoms with E-state index in [1.807, 2.05) is 16.9 Å². The molecule has 0 aromatic rings. The Bertz CT molecular complexity index is 55.4. The van der Waals surface area contributed by atoms with Gasteiger partial charge >= 0.3 is 60.1 Å². The van der Waals surface area contributed by atoms with Gasteiger partial charge in [0.2, 0.25) is 0 Å². The molecule has 1 aliphatic carbocycles. The summed E-state index contributed by atoms with van der Waals surface area (Å²) < 4.78 is 0. The molecule has 0 heterocycles. The van der Waals surface area contributed by atoms with Gasteiger partial charge < -0.3 is 0 Å². The zero-order chi connectivity index (χ0) is 5.82. The molecule has 0 aliphatic heterocycles. The van der Waals surface area contributed by atoms with E-state index in [4.69, 9.17) is 0 Å². The van der Waals surface area contributed by atoms with E-state index in [-0.39, 0.29) is 0 Å². The zero-order valence-corrected chi connectivity index (χ0v) is 7.82. The van der Waals surface area contributed by atoms with Crippen LogP contribution in [-0.4, -0.2) is 16.9 Å². The van der Waals surface area contributed by atoms with E-state index in [9.17, 15) is 0 Å². The molecule has 0 aromatic carbocycles. The van der Waals surface area contributed by atoms with Crippen LogP contribution < -0.4 is 0 Å². The second-order valence-electron chi connectivity index (χ2n) is 2.74. The van der Waals surface area contributed by atoms with Gasteiger partial charge in [-0.15, -0.1) is 0 Å². The standard InChI is InChI=1S/C7H15As/c8-6-7-4-2-1-3-5-7/h7H,1-6,8H2. The molecule has 0 amide bonds. The van der Waals surface area contributed by atoms with E-state index in [2.05, 4.69) is 0 Å². The van der Waals surface area contributed by atoms with E-state index in [0.717, 1.165) is 5.92 Å². The molecule has 1 aliphatic rings. The monoisotopic (exact) mass is 174 g/mol. The third-order valence-corrected chi connectivity index (χ3v) is 3.46. The summed E-state index contributed by atoms with van der Waals surface area (Å²) in [4.78, 5) is 0. The van der Waals surface area contributed by atoms with Crippen molar-refractivity contribution in [3.05, 3.63) is 0 Å². The molecule has 1 unspecified atom stereocenters. The summed E-state index contributed by atoms with van der Waals surface area (Å²) >= 11 is 1.92. The molecule has 0 N–H and O–H groups in total. The van der Waals surface area contributed by atoms with Crippen LogP contribution in [0.2, 0.25) is 5.21 Å². The molecule has 8 heavy (non-hydrogen) atoms. The summed E-state index contributed by atoms with van der Waals surface area (Å²) in [5.41, 5.74) is 0. The van der Waals surface area contributed by atoms with Gasteiger partial charge in [-0.2, -0.15) is 0 Å². The second kappa shape index (κ2) is 3.56. The first-order valence-electron chi connectivity index (χ1n) is 3.63. The Morgan fingerprint density at radius 2 is 1.75 bits per heavy atom. The van der Waals surface area contributed by atoms with Crippen molar-refractivity contribution in [3.63, 3.8) is 0 Å². The molecule has 1 fully saturated rings. The van der Waals surface area contributed by atoms with Crippen LogP contribution in [-0.2, 0) is 0 Å². The fourth-order valence-electron chi connectivity index (χ4n) is 1.42. The normalized spacial score (nSPS) is 23.6. The summed E-state index contributed by atoms with van der Waals surface area (Å²) in [6, 6.07) is 0. The van der Waals surface area contributed by atoms with Crippen LogP contribution in [0.3, 0.4) is 0 Å². The third kappa shape index (κ3) is 1.82. The topological polar surface area (TPSA) is 0 Å². The van der Waals surface area contributed by atoms with Gasteiger partial charge in [0.05, 0.1) is 0 Å². The van der Waals surface area contributed by atoms with Crippen molar-refractivity contribution in [2.24, 2.45) is 5.92 Å². The predicted octanol–water partition coefficient (Wildman–Crippen LogP) is 1.62. The van der Waals surface area contributed by atoms with Crippen molar-refractivity contribution in [2.75, 3.05) is 0 Å². The molecular weight excluding hydrogens is 159 g/mol. The molecular formula is C7H15As. The quantitative estimate of drug-likeness (QED) is 0.530. The van der Waals surface area contributed by atoms with Crippen LogP contribution in [0.5, 0.6) is 0 Å². The van der Waals surface area contributed by atoms with Crippen molar-refractivity contribution in [1.29, 1.82) is 0 Å². The van der Waals surface area contributed by atoms with Gasteiger partial charge in [-0.05, 0) is 0 Å². The Morgan fingerprint density at radius 3 is 2.12 bits per heavy atom. The maximum atomic E-state index is 1.92. The SMILES string of the molecule is [AsH2]CC1CCCCC1. The van der Waals surface area contributed by atoms with Crippen molar-refractivity contribution >= 4 is 16.9 Å². The van der Waals surface area contributed by atoms with E-state index >= 15 is 0 Å². The zero-order valence-electron chi connectivity index (χ0n) is 5.40. The molecule has 48 valence electrons. The molecule has 1 atom stereocenters. The van der Waals surface area contributed by atoms with Gasteiger partial charge in [0.15, 0.2) is 0 Å². The number of hydrogen-bond donors (Lipinski definition) is 0. The maximum absolute atomic E-state index is 1.92. The fourth-order valence-corrected chi connectivity index (χ4v) is 2.41. The van der Waals surface area contributed by atoms with Gasteiger partial charge in [0.1, 0.15) is 0 Å². The average molecular weight is 174 g/mol. The summed E-state index contributed by atoms with van der Waals surface area (Å²) in [5, 5.41) is 1.48. The molecule has 0 aromatic heterocycles. The Balaban J connectivity index is 2.13. The predicted molar refractivity (Wildman–Crippen MR) is 39.9 cm³/mol. The van der Waals surface area contributed by atoms with Crippen molar-refractivity contribution in [2.45, 2.75) is 37.3 Å². The van der Waals surface area contributed by atoms with Crippen molar-refractivity contribution < 1.29 is 0 Å². The van der Waals surface area contributed by atoms with Gasteiger partial charge in [-0.25, -0.2) is 0 Å². The molecule has 0 radical (unpaired) electrons. The van der Waals surface area contributed by atoms with Crippen LogP contribution >= 0.6 is 0 Å². The molecule has 1 saturated carbocycles. The Hall–Kier alpha value is 0.558. The van der Waals surface area contributed by atoms with Crippen LogP contribution in [0, 0.1) is 5.92 Å². The molecule has 1 rings (SSSR count). The van der Waals surface area contributed by atoms with Gasteiger partial charge in [-0.3, -0.25) is 0 Å². The number of hydrogen-bond acceptors (Lipinski definition) is 0. The van der Waals surface area contributed by atoms with Gasteiger partial charge in [-0.1, -0.05) is 0 Å². The first kappa shape index (κ1) is 6.68. The molecule has 0 bridgehead atoms. The minimum absolute atomic E-state index is 1.11. The van der Waals surface area contributed by atoms with Crippen LogP contribution in [0.25, 0.3) is 0 Å². The molecule has 0 nitrogen and oxygen atoms in total. The Morgan fingerprint density at radius 1 is 1.12 bits per heavy atom. The minimum atomic E-state index is 1.11. The Kier molecular flexibility index (Phi) is 2.97. The van der Waals surface area contributed by atoms with E-state index in [1.54, 1.807) is 0 Å². The summed E-state index contributed by atoms with van der Waals surface area (Å²) in [5.74, 6) is 1.11. The van der Waals surface area contributed by atoms with E-state index < -0.39 is 0 Å². The summed E-state index contributed by atoms with van der Waals surface area (Å²) in [7, 11) is 0. The first-order valence-corrected chi connectivity index (χ1v) is 5.35. The average Bonchev–Trinajstić information content (AvgIpc) is 1.90. The third-order valence-electron chi connectivity index (χ3n) is 2.06. The number of rotatable bonds is 1. The van der Waals surface area contributed by atoms with Gasteiger partial charge in [0.25, 0.3) is 0 Å². The van der Waals surface area contributed by atoms with E-state index in [1.165, 1.54) is 37.3 Å². The van der Waals surface area contributed by atoms with Crippen molar-refractivity contribution in [3.8, 4) is 0 Å². The summed E-state index contributed by atoms with van der Waals surface area (Å²) in [6.07, 6.45) is 7.57.